The maximum Gasteiger partial charge on any atom is 0.191 e. The highest BCUT2D eigenvalue weighted by molar-refractivity contribution is 14.0. The molecular weight excluding hydrogens is 469 g/mol. The van der Waals surface area contributed by atoms with Gasteiger partial charge in [-0.15, -0.1) is 24.0 Å². The number of rotatable bonds is 9. The Hall–Kier alpha value is -1.65. The third kappa shape index (κ3) is 7.40. The molecule has 156 valence electrons. The van der Waals surface area contributed by atoms with Gasteiger partial charge in [-0.3, -0.25) is 4.68 Å². The summed E-state index contributed by atoms with van der Waals surface area (Å²) < 4.78 is 7.22. The second kappa shape index (κ2) is 12.0. The first kappa shape index (κ1) is 24.4. The molecule has 2 rings (SSSR count). The van der Waals surface area contributed by atoms with Crippen molar-refractivity contribution in [3.05, 3.63) is 53.3 Å². The van der Waals surface area contributed by atoms with Crippen molar-refractivity contribution in [1.29, 1.82) is 0 Å². The first-order chi connectivity index (χ1) is 13.0. The van der Waals surface area contributed by atoms with Gasteiger partial charge in [-0.2, -0.15) is 5.10 Å². The summed E-state index contributed by atoms with van der Waals surface area (Å²) in [5.41, 5.74) is 1.98. The van der Waals surface area contributed by atoms with Crippen molar-refractivity contribution in [2.24, 2.45) is 12.0 Å². The molecule has 7 nitrogen and oxygen atoms in total. The molecule has 1 aromatic carbocycles. The molecule has 0 amide bonds. The Bertz CT molecular complexity index is 746. The standard InChI is InChI=1S/C20H31N5O2.HI/c1-5-21-19(23-15-20(3,26)18-12-24-25(4)13-18)22-11-16-9-7-8-10-17(16)14-27-6-2;/h7-10,12-13,26H,5-6,11,14-15H2,1-4H3,(H2,21,22,23);1H. The van der Waals surface area contributed by atoms with E-state index in [1.54, 1.807) is 17.8 Å². The van der Waals surface area contributed by atoms with Gasteiger partial charge in [0.15, 0.2) is 5.96 Å². The zero-order valence-electron chi connectivity index (χ0n) is 17.1. The van der Waals surface area contributed by atoms with Crippen LogP contribution in [0.5, 0.6) is 0 Å². The van der Waals surface area contributed by atoms with E-state index >= 15 is 0 Å². The SMILES string of the molecule is CCNC(=NCc1ccccc1COCC)NCC(C)(O)c1cnn(C)c1.I. The molecule has 1 heterocycles. The predicted molar refractivity (Wildman–Crippen MR) is 123 cm³/mol. The first-order valence-electron chi connectivity index (χ1n) is 9.34. The van der Waals surface area contributed by atoms with E-state index in [0.29, 0.717) is 32.3 Å². The van der Waals surface area contributed by atoms with Crippen molar-refractivity contribution in [2.75, 3.05) is 19.7 Å². The van der Waals surface area contributed by atoms with E-state index in [0.717, 1.165) is 23.2 Å². The van der Waals surface area contributed by atoms with Crippen LogP contribution in [-0.4, -0.2) is 40.5 Å². The molecule has 0 saturated heterocycles. The topological polar surface area (TPSA) is 83.7 Å². The lowest BCUT2D eigenvalue weighted by atomic mass is 10.00. The van der Waals surface area contributed by atoms with E-state index in [9.17, 15) is 5.11 Å². The van der Waals surface area contributed by atoms with Crippen molar-refractivity contribution < 1.29 is 9.84 Å². The Balaban J connectivity index is 0.00000392. The van der Waals surface area contributed by atoms with E-state index in [1.165, 1.54) is 0 Å². The van der Waals surface area contributed by atoms with Gasteiger partial charge in [-0.1, -0.05) is 24.3 Å². The molecule has 0 aliphatic carbocycles. The molecule has 0 spiro atoms. The lowest BCUT2D eigenvalue weighted by Gasteiger charge is -2.23. The molecule has 0 aliphatic rings. The Morgan fingerprint density at radius 1 is 1.25 bits per heavy atom. The Labute approximate surface area is 184 Å². The number of guanidine groups is 1. The summed E-state index contributed by atoms with van der Waals surface area (Å²) in [5, 5.41) is 21.3. The summed E-state index contributed by atoms with van der Waals surface area (Å²) in [4.78, 5) is 4.66. The molecule has 0 fully saturated rings. The van der Waals surface area contributed by atoms with Gasteiger partial charge in [0.1, 0.15) is 5.60 Å². The quantitative estimate of drug-likeness (QED) is 0.280. The van der Waals surface area contributed by atoms with E-state index in [4.69, 9.17) is 4.74 Å². The number of nitrogens with one attached hydrogen (secondary N) is 2. The summed E-state index contributed by atoms with van der Waals surface area (Å²) in [6.07, 6.45) is 3.49. The van der Waals surface area contributed by atoms with Crippen LogP contribution in [0.15, 0.2) is 41.7 Å². The fourth-order valence-corrected chi connectivity index (χ4v) is 2.63. The molecular formula is C20H32IN5O2. The smallest absolute Gasteiger partial charge is 0.191 e. The largest absolute Gasteiger partial charge is 0.383 e. The van der Waals surface area contributed by atoms with Crippen LogP contribution in [-0.2, 0) is 30.5 Å². The van der Waals surface area contributed by atoms with Gasteiger partial charge in [0.2, 0.25) is 0 Å². The van der Waals surface area contributed by atoms with Crippen molar-refractivity contribution in [1.82, 2.24) is 20.4 Å². The van der Waals surface area contributed by atoms with Crippen molar-refractivity contribution in [3.63, 3.8) is 0 Å². The average molecular weight is 501 g/mol. The zero-order chi connectivity index (χ0) is 19.7. The number of nitrogens with zero attached hydrogens (tertiary/aromatic N) is 3. The highest BCUT2D eigenvalue weighted by Gasteiger charge is 2.25. The van der Waals surface area contributed by atoms with Gasteiger partial charge in [0, 0.05) is 32.0 Å². The van der Waals surface area contributed by atoms with Crippen LogP contribution in [0, 0.1) is 0 Å². The van der Waals surface area contributed by atoms with E-state index in [1.807, 2.05) is 39.2 Å². The second-order valence-corrected chi connectivity index (χ2v) is 6.63. The van der Waals surface area contributed by atoms with Crippen molar-refractivity contribution in [3.8, 4) is 0 Å². The summed E-state index contributed by atoms with van der Waals surface area (Å²) in [7, 11) is 1.83. The van der Waals surface area contributed by atoms with Crippen LogP contribution in [0.1, 0.15) is 37.5 Å². The normalized spacial score (nSPS) is 13.5. The molecule has 1 atom stereocenters. The molecule has 0 aliphatic heterocycles. The van der Waals surface area contributed by atoms with Crippen LogP contribution < -0.4 is 10.6 Å². The van der Waals surface area contributed by atoms with E-state index in [2.05, 4.69) is 32.9 Å². The Kier molecular flexibility index (Phi) is 10.5. The number of ether oxygens (including phenoxy) is 1. The number of hydrogen-bond acceptors (Lipinski definition) is 4. The number of aryl methyl sites for hydroxylation is 1. The zero-order valence-corrected chi connectivity index (χ0v) is 19.4. The van der Waals surface area contributed by atoms with E-state index in [-0.39, 0.29) is 24.0 Å². The first-order valence-corrected chi connectivity index (χ1v) is 9.34. The van der Waals surface area contributed by atoms with Gasteiger partial charge in [-0.05, 0) is 31.9 Å². The number of halogens is 1. The van der Waals surface area contributed by atoms with Crippen LogP contribution in [0.3, 0.4) is 0 Å². The summed E-state index contributed by atoms with van der Waals surface area (Å²) in [5.74, 6) is 0.660. The fraction of sp³-hybridized carbons (Fsp3) is 0.500. The maximum absolute atomic E-state index is 10.7. The van der Waals surface area contributed by atoms with Crippen LogP contribution in [0.25, 0.3) is 0 Å². The lowest BCUT2D eigenvalue weighted by Crippen LogP contribution is -2.44. The molecule has 2 aromatic rings. The van der Waals surface area contributed by atoms with Gasteiger partial charge >= 0.3 is 0 Å². The maximum atomic E-state index is 10.7. The van der Waals surface area contributed by atoms with Gasteiger partial charge in [0.05, 0.1) is 25.9 Å². The minimum Gasteiger partial charge on any atom is -0.383 e. The average Bonchev–Trinajstić information content (AvgIpc) is 3.10. The molecule has 0 radical (unpaired) electrons. The Morgan fingerprint density at radius 2 is 1.96 bits per heavy atom. The molecule has 1 unspecified atom stereocenters. The molecule has 8 heteroatoms. The molecule has 3 N–H and O–H groups in total. The highest BCUT2D eigenvalue weighted by Crippen LogP contribution is 2.18. The number of aromatic nitrogens is 2. The monoisotopic (exact) mass is 501 g/mol. The predicted octanol–water partition coefficient (Wildman–Crippen LogP) is 2.54. The van der Waals surface area contributed by atoms with Crippen LogP contribution >= 0.6 is 24.0 Å². The minimum absolute atomic E-state index is 0. The number of hydrogen-bond donors (Lipinski definition) is 3. The van der Waals surface area contributed by atoms with Gasteiger partial charge < -0.3 is 20.5 Å². The molecule has 28 heavy (non-hydrogen) atoms. The number of benzene rings is 1. The third-order valence-electron chi connectivity index (χ3n) is 4.26. The summed E-state index contributed by atoms with van der Waals surface area (Å²) >= 11 is 0. The van der Waals surface area contributed by atoms with Gasteiger partial charge in [-0.25, -0.2) is 4.99 Å². The summed E-state index contributed by atoms with van der Waals surface area (Å²) in [6.45, 7) is 8.63. The summed E-state index contributed by atoms with van der Waals surface area (Å²) in [6, 6.07) is 8.14. The number of aliphatic hydroxyl groups is 1. The molecule has 1 aromatic heterocycles. The van der Waals surface area contributed by atoms with E-state index < -0.39 is 5.60 Å². The van der Waals surface area contributed by atoms with Crippen molar-refractivity contribution >= 4 is 29.9 Å². The second-order valence-electron chi connectivity index (χ2n) is 6.63. The third-order valence-corrected chi connectivity index (χ3v) is 4.26. The minimum atomic E-state index is -1.04. The van der Waals surface area contributed by atoms with Crippen LogP contribution in [0.2, 0.25) is 0 Å². The molecule has 0 saturated carbocycles. The number of aliphatic imine (C=N–C) groups is 1. The van der Waals surface area contributed by atoms with Gasteiger partial charge in [0.25, 0.3) is 0 Å². The Morgan fingerprint density at radius 3 is 2.57 bits per heavy atom. The lowest BCUT2D eigenvalue weighted by molar-refractivity contribution is 0.0616. The van der Waals surface area contributed by atoms with Crippen LogP contribution in [0.4, 0.5) is 0 Å². The fourth-order valence-electron chi connectivity index (χ4n) is 2.63. The van der Waals surface area contributed by atoms with Crippen molar-refractivity contribution in [2.45, 2.75) is 39.5 Å². The highest BCUT2D eigenvalue weighted by atomic mass is 127. The molecule has 0 bridgehead atoms.